The van der Waals surface area contributed by atoms with Crippen LogP contribution in [0.25, 0.3) is 10.8 Å². The second-order valence-electron chi connectivity index (χ2n) is 7.72. The minimum absolute atomic E-state index is 0.0159. The number of hydrogen-bond donors (Lipinski definition) is 2. The zero-order valence-corrected chi connectivity index (χ0v) is 17.6. The van der Waals surface area contributed by atoms with Gasteiger partial charge in [0, 0.05) is 18.3 Å². The molecule has 160 valence electrons. The van der Waals surface area contributed by atoms with E-state index in [2.05, 4.69) is 45.9 Å². The minimum atomic E-state index is -0.689. The van der Waals surface area contributed by atoms with Crippen LogP contribution in [0.3, 0.4) is 0 Å². The van der Waals surface area contributed by atoms with Crippen LogP contribution >= 0.6 is 0 Å². The van der Waals surface area contributed by atoms with Crippen molar-refractivity contribution in [2.75, 3.05) is 32.1 Å². The van der Waals surface area contributed by atoms with Crippen molar-refractivity contribution < 1.29 is 14.3 Å². The van der Waals surface area contributed by atoms with E-state index in [4.69, 9.17) is 4.74 Å². The van der Waals surface area contributed by atoms with Gasteiger partial charge in [-0.2, -0.15) is 0 Å². The molecule has 1 aliphatic rings. The van der Waals surface area contributed by atoms with E-state index in [0.29, 0.717) is 18.0 Å². The molecule has 0 radical (unpaired) electrons. The Labute approximate surface area is 182 Å². The van der Waals surface area contributed by atoms with Crippen LogP contribution in [0.4, 0.5) is 5.69 Å². The van der Waals surface area contributed by atoms with Crippen LogP contribution in [0.2, 0.25) is 0 Å². The van der Waals surface area contributed by atoms with Gasteiger partial charge in [-0.15, -0.1) is 0 Å². The van der Waals surface area contributed by atoms with Crippen LogP contribution in [0.15, 0.2) is 66.7 Å². The standard InChI is InChI=1S/C25H27N3O3/c1-31-20-11-7-10-19(16-20)27-25(30)24(29)26-17-23(28-14-4-5-15-28)22-13-6-9-18-8-2-3-12-21(18)22/h2-3,6-13,16,23H,4-5,14-15,17H2,1H3,(H,26,29)(H,27,30)/t23-/m0/s1. The van der Waals surface area contributed by atoms with Crippen LogP contribution in [-0.4, -0.2) is 43.5 Å². The number of benzene rings is 3. The zero-order valence-electron chi connectivity index (χ0n) is 17.6. The Hall–Kier alpha value is -3.38. The Bertz CT molecular complexity index is 1070. The number of nitrogens with one attached hydrogen (secondary N) is 2. The number of anilines is 1. The van der Waals surface area contributed by atoms with Crippen molar-refractivity contribution in [1.82, 2.24) is 10.2 Å². The summed E-state index contributed by atoms with van der Waals surface area (Å²) in [4.78, 5) is 27.4. The summed E-state index contributed by atoms with van der Waals surface area (Å²) in [5.41, 5.74) is 1.69. The number of fused-ring (bicyclic) bond motifs is 1. The Balaban J connectivity index is 1.48. The maximum Gasteiger partial charge on any atom is 0.313 e. The first-order valence-corrected chi connectivity index (χ1v) is 10.6. The number of carbonyl (C=O) groups excluding carboxylic acids is 2. The third kappa shape index (κ3) is 4.86. The van der Waals surface area contributed by atoms with Gasteiger partial charge in [-0.05, 0) is 54.4 Å². The monoisotopic (exact) mass is 417 g/mol. The Morgan fingerprint density at radius 1 is 0.968 bits per heavy atom. The molecule has 6 heteroatoms. The second-order valence-corrected chi connectivity index (χ2v) is 7.72. The summed E-state index contributed by atoms with van der Waals surface area (Å²) in [5.74, 6) is -0.721. The molecule has 6 nitrogen and oxygen atoms in total. The average Bonchev–Trinajstić information content (AvgIpc) is 3.34. The van der Waals surface area contributed by atoms with Gasteiger partial charge in [-0.3, -0.25) is 14.5 Å². The molecule has 4 rings (SSSR count). The number of amides is 2. The van der Waals surface area contributed by atoms with Gasteiger partial charge < -0.3 is 15.4 Å². The van der Waals surface area contributed by atoms with Crippen LogP contribution in [-0.2, 0) is 9.59 Å². The molecule has 31 heavy (non-hydrogen) atoms. The number of likely N-dealkylation sites (tertiary alicyclic amines) is 1. The van der Waals surface area contributed by atoms with Gasteiger partial charge in [0.1, 0.15) is 5.75 Å². The highest BCUT2D eigenvalue weighted by atomic mass is 16.5. The number of nitrogens with zero attached hydrogens (tertiary/aromatic N) is 1. The molecule has 2 N–H and O–H groups in total. The lowest BCUT2D eigenvalue weighted by molar-refractivity contribution is -0.136. The lowest BCUT2D eigenvalue weighted by Crippen LogP contribution is -2.41. The van der Waals surface area contributed by atoms with Crippen molar-refractivity contribution in [3.8, 4) is 5.75 Å². The summed E-state index contributed by atoms with van der Waals surface area (Å²) >= 11 is 0. The van der Waals surface area contributed by atoms with E-state index >= 15 is 0 Å². The fourth-order valence-corrected chi connectivity index (χ4v) is 4.19. The number of carbonyl (C=O) groups is 2. The number of rotatable bonds is 6. The van der Waals surface area contributed by atoms with Crippen molar-refractivity contribution in [1.29, 1.82) is 0 Å². The SMILES string of the molecule is COc1cccc(NC(=O)C(=O)NC[C@@H](c2cccc3ccccc23)N2CCCC2)c1. The third-order valence-electron chi connectivity index (χ3n) is 5.75. The van der Waals surface area contributed by atoms with Gasteiger partial charge in [0.15, 0.2) is 0 Å². The predicted molar refractivity (Wildman–Crippen MR) is 122 cm³/mol. The molecule has 0 aliphatic carbocycles. The van der Waals surface area contributed by atoms with Gasteiger partial charge in [-0.25, -0.2) is 0 Å². The zero-order chi connectivity index (χ0) is 21.6. The van der Waals surface area contributed by atoms with Crippen molar-refractivity contribution in [2.24, 2.45) is 0 Å². The van der Waals surface area contributed by atoms with Crippen molar-refractivity contribution in [3.63, 3.8) is 0 Å². The molecule has 0 aromatic heterocycles. The van der Waals surface area contributed by atoms with Gasteiger partial charge >= 0.3 is 11.8 Å². The third-order valence-corrected chi connectivity index (χ3v) is 5.75. The lowest BCUT2D eigenvalue weighted by Gasteiger charge is -2.29. The summed E-state index contributed by atoms with van der Waals surface area (Å²) in [6.07, 6.45) is 2.29. The maximum absolute atomic E-state index is 12.5. The topological polar surface area (TPSA) is 70.7 Å². The lowest BCUT2D eigenvalue weighted by atomic mass is 9.97. The Morgan fingerprint density at radius 2 is 1.71 bits per heavy atom. The molecule has 1 fully saturated rings. The van der Waals surface area contributed by atoms with E-state index in [-0.39, 0.29) is 6.04 Å². The molecule has 1 atom stereocenters. The van der Waals surface area contributed by atoms with E-state index < -0.39 is 11.8 Å². The Kier molecular flexibility index (Phi) is 6.48. The summed E-state index contributed by atoms with van der Waals surface area (Å²) in [7, 11) is 1.55. The van der Waals surface area contributed by atoms with E-state index in [1.165, 1.54) is 16.3 Å². The maximum atomic E-state index is 12.5. The number of ether oxygens (including phenoxy) is 1. The molecule has 2 amide bonds. The van der Waals surface area contributed by atoms with Crippen LogP contribution in [0.1, 0.15) is 24.4 Å². The molecule has 0 saturated carbocycles. The van der Waals surface area contributed by atoms with Crippen molar-refractivity contribution >= 4 is 28.3 Å². The first kappa shape index (κ1) is 20.9. The summed E-state index contributed by atoms with van der Waals surface area (Å²) < 4.78 is 5.16. The summed E-state index contributed by atoms with van der Waals surface area (Å²) in [5, 5.41) is 7.83. The molecule has 1 heterocycles. The van der Waals surface area contributed by atoms with Gasteiger partial charge in [0.05, 0.1) is 13.2 Å². The summed E-state index contributed by atoms with van der Waals surface area (Å²) in [6, 6.07) is 21.5. The molecular formula is C25H27N3O3. The van der Waals surface area contributed by atoms with Crippen molar-refractivity contribution in [2.45, 2.75) is 18.9 Å². The molecule has 3 aromatic carbocycles. The summed E-state index contributed by atoms with van der Waals surface area (Å²) in [6.45, 7) is 2.35. The molecule has 1 saturated heterocycles. The first-order valence-electron chi connectivity index (χ1n) is 10.6. The minimum Gasteiger partial charge on any atom is -0.497 e. The highest BCUT2D eigenvalue weighted by Crippen LogP contribution is 2.30. The smallest absolute Gasteiger partial charge is 0.313 e. The first-order chi connectivity index (χ1) is 15.2. The highest BCUT2D eigenvalue weighted by Gasteiger charge is 2.26. The number of methoxy groups -OCH3 is 1. The molecule has 0 unspecified atom stereocenters. The largest absolute Gasteiger partial charge is 0.497 e. The van der Waals surface area contributed by atoms with E-state index in [1.54, 1.807) is 31.4 Å². The predicted octanol–water partition coefficient (Wildman–Crippen LogP) is 3.74. The average molecular weight is 418 g/mol. The van der Waals surface area contributed by atoms with Crippen molar-refractivity contribution in [3.05, 3.63) is 72.3 Å². The van der Waals surface area contributed by atoms with E-state index in [1.807, 2.05) is 12.1 Å². The Morgan fingerprint density at radius 3 is 2.52 bits per heavy atom. The van der Waals surface area contributed by atoms with Crippen LogP contribution in [0.5, 0.6) is 5.75 Å². The molecule has 3 aromatic rings. The normalized spacial score (nSPS) is 14.9. The highest BCUT2D eigenvalue weighted by molar-refractivity contribution is 6.39. The van der Waals surface area contributed by atoms with Gasteiger partial charge in [0.25, 0.3) is 0 Å². The van der Waals surface area contributed by atoms with Gasteiger partial charge in [-0.1, -0.05) is 48.5 Å². The molecule has 0 bridgehead atoms. The number of hydrogen-bond acceptors (Lipinski definition) is 4. The van der Waals surface area contributed by atoms with Crippen LogP contribution in [0, 0.1) is 0 Å². The fraction of sp³-hybridized carbons (Fsp3) is 0.280. The molecule has 0 spiro atoms. The molecule has 1 aliphatic heterocycles. The molecular weight excluding hydrogens is 390 g/mol. The van der Waals surface area contributed by atoms with E-state index in [0.717, 1.165) is 25.9 Å². The fourth-order valence-electron chi connectivity index (χ4n) is 4.19. The second kappa shape index (κ2) is 9.62. The van der Waals surface area contributed by atoms with Gasteiger partial charge in [0.2, 0.25) is 0 Å². The van der Waals surface area contributed by atoms with E-state index in [9.17, 15) is 9.59 Å². The van der Waals surface area contributed by atoms with Crippen LogP contribution < -0.4 is 15.4 Å². The quantitative estimate of drug-likeness (QED) is 0.600.